The molecule has 0 aliphatic carbocycles. The lowest BCUT2D eigenvalue weighted by atomic mass is 10.2. The van der Waals surface area contributed by atoms with Gasteiger partial charge >= 0.3 is 17.1 Å². The average molecular weight is 259 g/mol. The number of carboxylic acid groups (broad SMARTS) is 1. The summed E-state index contributed by atoms with van der Waals surface area (Å²) in [6.45, 7) is 1.87. The summed E-state index contributed by atoms with van der Waals surface area (Å²) in [6.07, 6.45) is 1.18. The maximum absolute atomic E-state index is 11.1. The first-order valence-electron chi connectivity index (χ1n) is 5.02. The van der Waals surface area contributed by atoms with E-state index < -0.39 is 22.3 Å². The molecule has 0 aromatic carbocycles. The van der Waals surface area contributed by atoms with Crippen LogP contribution in [-0.4, -0.2) is 31.1 Å². The summed E-state index contributed by atoms with van der Waals surface area (Å²) < 4.78 is 1.25. The van der Waals surface area contributed by atoms with E-state index in [1.165, 1.54) is 11.7 Å². The molecule has 8 heteroatoms. The topological polar surface area (TPSA) is 105 Å². The van der Waals surface area contributed by atoms with Crippen molar-refractivity contribution in [1.82, 2.24) is 14.8 Å². The van der Waals surface area contributed by atoms with E-state index in [0.29, 0.717) is 12.8 Å². The summed E-state index contributed by atoms with van der Waals surface area (Å²) in [7, 11) is 1.50. The van der Waals surface area contributed by atoms with Gasteiger partial charge in [0.15, 0.2) is 5.16 Å². The van der Waals surface area contributed by atoms with E-state index in [4.69, 9.17) is 5.11 Å². The molecule has 0 aliphatic rings. The van der Waals surface area contributed by atoms with Crippen molar-refractivity contribution in [2.45, 2.75) is 30.2 Å². The maximum Gasteiger partial charge on any atom is 0.339 e. The monoisotopic (exact) mass is 259 g/mol. The molecule has 0 amide bonds. The fourth-order valence-corrected chi connectivity index (χ4v) is 2.24. The molecular formula is C9H13N3O4S. The second-order valence-electron chi connectivity index (χ2n) is 3.43. The van der Waals surface area contributed by atoms with E-state index in [1.54, 1.807) is 0 Å². The number of H-pyrrole nitrogens is 1. The molecule has 0 saturated carbocycles. The van der Waals surface area contributed by atoms with Gasteiger partial charge in [0.05, 0.1) is 0 Å². The van der Waals surface area contributed by atoms with Crippen LogP contribution >= 0.6 is 11.8 Å². The number of aliphatic carboxylic acids is 1. The molecule has 1 heterocycles. The molecule has 1 atom stereocenters. The first-order valence-corrected chi connectivity index (χ1v) is 5.90. The lowest BCUT2D eigenvalue weighted by molar-refractivity contribution is -0.136. The Hall–Kier alpha value is -1.57. The Morgan fingerprint density at radius 1 is 1.59 bits per heavy atom. The molecule has 0 aliphatic heterocycles. The highest BCUT2D eigenvalue weighted by molar-refractivity contribution is 8.00. The number of rotatable bonds is 5. The average Bonchev–Trinajstić information content (AvgIpc) is 2.24. The molecule has 1 unspecified atom stereocenters. The maximum atomic E-state index is 11.1. The summed E-state index contributed by atoms with van der Waals surface area (Å²) in [5.41, 5.74) is -1.73. The first-order chi connectivity index (χ1) is 7.95. The lowest BCUT2D eigenvalue weighted by Gasteiger charge is -2.11. The van der Waals surface area contributed by atoms with Crippen LogP contribution in [-0.2, 0) is 11.8 Å². The van der Waals surface area contributed by atoms with Crippen molar-refractivity contribution in [2.24, 2.45) is 7.05 Å². The SMILES string of the molecule is CCCC(Sc1nc(=O)c(=O)[nH]n1C)C(=O)O. The second kappa shape index (κ2) is 5.67. The van der Waals surface area contributed by atoms with Crippen molar-refractivity contribution in [3.63, 3.8) is 0 Å². The summed E-state index contributed by atoms with van der Waals surface area (Å²) in [5, 5.41) is 10.8. The van der Waals surface area contributed by atoms with E-state index in [1.807, 2.05) is 6.92 Å². The zero-order valence-corrected chi connectivity index (χ0v) is 10.3. The Kier molecular flexibility index (Phi) is 4.50. The van der Waals surface area contributed by atoms with Crippen LogP contribution < -0.4 is 11.1 Å². The third-order valence-corrected chi connectivity index (χ3v) is 3.32. The van der Waals surface area contributed by atoms with Gasteiger partial charge in [-0.05, 0) is 6.42 Å². The lowest BCUT2D eigenvalue weighted by Crippen LogP contribution is -2.34. The van der Waals surface area contributed by atoms with Crippen LogP contribution in [0.25, 0.3) is 0 Å². The number of carboxylic acids is 1. The molecule has 0 saturated heterocycles. The third-order valence-electron chi connectivity index (χ3n) is 2.02. The van der Waals surface area contributed by atoms with Gasteiger partial charge in [-0.25, -0.2) is 0 Å². The van der Waals surface area contributed by atoms with Gasteiger partial charge in [-0.3, -0.25) is 24.2 Å². The summed E-state index contributed by atoms with van der Waals surface area (Å²) in [5.74, 6) is -0.961. The fraction of sp³-hybridized carbons (Fsp3) is 0.556. The highest BCUT2D eigenvalue weighted by Gasteiger charge is 2.20. The van der Waals surface area contributed by atoms with Crippen molar-refractivity contribution in [2.75, 3.05) is 0 Å². The van der Waals surface area contributed by atoms with Crippen molar-refractivity contribution >= 4 is 17.7 Å². The molecule has 7 nitrogen and oxygen atoms in total. The molecular weight excluding hydrogens is 246 g/mol. The number of carbonyl (C=O) groups is 1. The van der Waals surface area contributed by atoms with Gasteiger partial charge in [-0.1, -0.05) is 25.1 Å². The molecule has 2 N–H and O–H groups in total. The van der Waals surface area contributed by atoms with Crippen LogP contribution in [0.3, 0.4) is 0 Å². The number of hydrogen-bond donors (Lipinski definition) is 2. The zero-order valence-electron chi connectivity index (χ0n) is 9.47. The number of aromatic nitrogens is 3. The first kappa shape index (κ1) is 13.5. The van der Waals surface area contributed by atoms with Crippen LogP contribution in [0.1, 0.15) is 19.8 Å². The summed E-state index contributed by atoms with van der Waals surface area (Å²) >= 11 is 0.953. The minimum absolute atomic E-state index is 0.190. The third kappa shape index (κ3) is 3.45. The predicted molar refractivity (Wildman–Crippen MR) is 62.3 cm³/mol. The van der Waals surface area contributed by atoms with Crippen LogP contribution in [0.5, 0.6) is 0 Å². The van der Waals surface area contributed by atoms with Gasteiger partial charge < -0.3 is 5.11 Å². The van der Waals surface area contributed by atoms with Crippen molar-refractivity contribution < 1.29 is 9.90 Å². The molecule has 1 aromatic rings. The quantitative estimate of drug-likeness (QED) is 0.561. The van der Waals surface area contributed by atoms with Gasteiger partial charge in [0.25, 0.3) is 0 Å². The molecule has 0 spiro atoms. The van der Waals surface area contributed by atoms with Gasteiger partial charge in [0.1, 0.15) is 5.25 Å². The standard InChI is InChI=1S/C9H13N3O4S/c1-3-4-5(8(15)16)17-9-10-6(13)7(14)11-12(9)2/h5H,3-4H2,1-2H3,(H,11,14)(H,15,16). The number of aromatic amines is 1. The number of nitrogens with one attached hydrogen (secondary N) is 1. The smallest absolute Gasteiger partial charge is 0.339 e. The Labute approximate surface area is 101 Å². The van der Waals surface area contributed by atoms with E-state index in [2.05, 4.69) is 10.1 Å². The van der Waals surface area contributed by atoms with Crippen molar-refractivity contribution in [1.29, 1.82) is 0 Å². The Bertz CT molecular complexity index is 522. The van der Waals surface area contributed by atoms with Crippen LogP contribution in [0.4, 0.5) is 0 Å². The Balaban J connectivity index is 3.01. The summed E-state index contributed by atoms with van der Waals surface area (Å²) in [6, 6.07) is 0. The number of aryl methyl sites for hydroxylation is 1. The second-order valence-corrected chi connectivity index (χ2v) is 4.60. The Morgan fingerprint density at radius 2 is 2.24 bits per heavy atom. The normalized spacial score (nSPS) is 12.4. The molecule has 0 bridgehead atoms. The molecule has 1 rings (SSSR count). The molecule has 1 aromatic heterocycles. The van der Waals surface area contributed by atoms with Crippen LogP contribution in [0.2, 0.25) is 0 Å². The fourth-order valence-electron chi connectivity index (χ4n) is 1.19. The Morgan fingerprint density at radius 3 is 2.76 bits per heavy atom. The number of hydrogen-bond acceptors (Lipinski definition) is 5. The van der Waals surface area contributed by atoms with Crippen molar-refractivity contribution in [3.8, 4) is 0 Å². The minimum atomic E-state index is -0.961. The highest BCUT2D eigenvalue weighted by Crippen LogP contribution is 2.22. The van der Waals surface area contributed by atoms with E-state index in [0.717, 1.165) is 11.8 Å². The highest BCUT2D eigenvalue weighted by atomic mass is 32.2. The summed E-state index contributed by atoms with van der Waals surface area (Å²) in [4.78, 5) is 36.5. The van der Waals surface area contributed by atoms with Gasteiger partial charge in [-0.2, -0.15) is 4.98 Å². The molecule has 94 valence electrons. The van der Waals surface area contributed by atoms with Gasteiger partial charge in [0, 0.05) is 7.05 Å². The largest absolute Gasteiger partial charge is 0.480 e. The van der Waals surface area contributed by atoms with E-state index >= 15 is 0 Å². The number of thioether (sulfide) groups is 1. The van der Waals surface area contributed by atoms with Crippen LogP contribution in [0.15, 0.2) is 14.7 Å². The van der Waals surface area contributed by atoms with E-state index in [9.17, 15) is 14.4 Å². The predicted octanol–water partition coefficient (Wildman–Crippen LogP) is -0.186. The molecule has 17 heavy (non-hydrogen) atoms. The zero-order chi connectivity index (χ0) is 13.0. The molecule has 0 fully saturated rings. The van der Waals surface area contributed by atoms with Crippen molar-refractivity contribution in [3.05, 3.63) is 20.7 Å². The molecule has 0 radical (unpaired) electrons. The number of nitrogens with zero attached hydrogens (tertiary/aromatic N) is 2. The van der Waals surface area contributed by atoms with Crippen LogP contribution in [0, 0.1) is 0 Å². The van der Waals surface area contributed by atoms with E-state index in [-0.39, 0.29) is 5.16 Å². The minimum Gasteiger partial charge on any atom is -0.480 e. The van der Waals surface area contributed by atoms with Gasteiger partial charge in [0.2, 0.25) is 0 Å². The van der Waals surface area contributed by atoms with Gasteiger partial charge in [-0.15, -0.1) is 0 Å².